The number of ether oxygens (including phenoxy) is 1. The van der Waals surface area contributed by atoms with Crippen molar-refractivity contribution < 1.29 is 29.3 Å². The molecule has 0 aliphatic carbocycles. The second-order valence-electron chi connectivity index (χ2n) is 8.63. The molecule has 186 valence electrons. The molecule has 3 amide bonds. The maximum Gasteiger partial charge on any atom is 0.408 e. The number of carbonyl (C=O) groups excluding carboxylic acids is 3. The fourth-order valence-electron chi connectivity index (χ4n) is 3.12. The molecule has 0 spiro atoms. The van der Waals surface area contributed by atoms with E-state index in [4.69, 9.17) is 22.8 Å². The van der Waals surface area contributed by atoms with Gasteiger partial charge >= 0.3 is 6.09 Å². The van der Waals surface area contributed by atoms with Gasteiger partial charge in [-0.2, -0.15) is 0 Å². The molecule has 0 aliphatic heterocycles. The predicted molar refractivity (Wildman–Crippen MR) is 132 cm³/mol. The van der Waals surface area contributed by atoms with Crippen LogP contribution in [0.3, 0.4) is 0 Å². The Morgan fingerprint density at radius 2 is 1.80 bits per heavy atom. The van der Waals surface area contributed by atoms with Crippen LogP contribution in [0.4, 0.5) is 10.5 Å². The van der Waals surface area contributed by atoms with E-state index in [1.165, 1.54) is 24.3 Å². The highest BCUT2D eigenvalue weighted by atomic mass is 35.5. The van der Waals surface area contributed by atoms with Gasteiger partial charge in [-0.05, 0) is 57.0 Å². The van der Waals surface area contributed by atoms with Crippen molar-refractivity contribution in [1.29, 1.82) is 0 Å². The van der Waals surface area contributed by atoms with Gasteiger partial charge in [-0.3, -0.25) is 14.5 Å². The van der Waals surface area contributed by atoms with Crippen LogP contribution in [0.15, 0.2) is 42.5 Å². The Morgan fingerprint density at radius 3 is 2.31 bits per heavy atom. The lowest BCUT2D eigenvalue weighted by molar-refractivity contribution is -0.137. The van der Waals surface area contributed by atoms with Crippen molar-refractivity contribution in [2.45, 2.75) is 45.4 Å². The lowest BCUT2D eigenvalue weighted by atomic mass is 10.0. The third-order valence-electron chi connectivity index (χ3n) is 4.73. The van der Waals surface area contributed by atoms with Gasteiger partial charge in [-0.1, -0.05) is 42.3 Å². The minimum atomic E-state index is -1.49. The minimum Gasteiger partial charge on any atom is -0.508 e. The number of halogens is 1. The van der Waals surface area contributed by atoms with Gasteiger partial charge in [0.1, 0.15) is 23.4 Å². The monoisotopic (exact) mass is 501 g/mol. The molecule has 0 aliphatic rings. The molecule has 2 unspecified atom stereocenters. The van der Waals surface area contributed by atoms with Crippen molar-refractivity contribution in [3.05, 3.63) is 58.6 Å². The molecule has 0 radical (unpaired) electrons. The highest BCUT2D eigenvalue weighted by molar-refractivity contribution is 6.34. The van der Waals surface area contributed by atoms with Crippen molar-refractivity contribution in [2.24, 2.45) is 0 Å². The molecule has 10 heteroatoms. The number of aromatic hydroxyl groups is 1. The number of rotatable bonds is 7. The van der Waals surface area contributed by atoms with Crippen molar-refractivity contribution in [3.8, 4) is 18.2 Å². The van der Waals surface area contributed by atoms with E-state index in [1.54, 1.807) is 45.9 Å². The summed E-state index contributed by atoms with van der Waals surface area (Å²) in [5.74, 6) is -1.69. The third kappa shape index (κ3) is 7.37. The van der Waals surface area contributed by atoms with E-state index in [0.29, 0.717) is 11.3 Å². The summed E-state index contributed by atoms with van der Waals surface area (Å²) < 4.78 is 5.14. The molecular weight excluding hydrogens is 474 g/mol. The van der Waals surface area contributed by atoms with E-state index >= 15 is 0 Å². The number of benzene rings is 2. The number of aliphatic hydroxyl groups excluding tert-OH is 1. The van der Waals surface area contributed by atoms with Crippen LogP contribution in [0.5, 0.6) is 5.75 Å². The van der Waals surface area contributed by atoms with E-state index in [0.717, 1.165) is 4.90 Å². The first-order valence-corrected chi connectivity index (χ1v) is 11.0. The van der Waals surface area contributed by atoms with Gasteiger partial charge in [-0.25, -0.2) is 4.79 Å². The van der Waals surface area contributed by atoms with Crippen LogP contribution < -0.4 is 10.6 Å². The second kappa shape index (κ2) is 11.6. The lowest BCUT2D eigenvalue weighted by Crippen LogP contribution is -2.52. The number of carbonyl (C=O) groups is 3. The highest BCUT2D eigenvalue weighted by Crippen LogP contribution is 2.29. The average molecular weight is 502 g/mol. The zero-order valence-corrected chi connectivity index (χ0v) is 20.6. The quantitative estimate of drug-likeness (QED) is 0.340. The van der Waals surface area contributed by atoms with Gasteiger partial charge in [0.15, 0.2) is 0 Å². The van der Waals surface area contributed by atoms with Crippen molar-refractivity contribution in [1.82, 2.24) is 10.2 Å². The second-order valence-corrected chi connectivity index (χ2v) is 9.04. The molecule has 2 rings (SSSR count). The molecular formula is C25H28ClN3O6. The maximum absolute atomic E-state index is 13.4. The number of nitrogens with one attached hydrogen (secondary N) is 2. The van der Waals surface area contributed by atoms with E-state index in [2.05, 4.69) is 16.7 Å². The Hall–Kier alpha value is -3.74. The van der Waals surface area contributed by atoms with Crippen LogP contribution in [0, 0.1) is 19.4 Å². The first-order chi connectivity index (χ1) is 16.4. The standard InChI is InChI=1S/C25H28ClN3O6/c1-6-29(23(33)19(14-30)27-24(34)35-25(3,4)5)21(16-10-12-17(31)13-11-16)22(32)28-20-15(2)8-7-9-18(20)26/h1,7-13,19,21,30-31H,14H2,2-5H3,(H,27,34)(H,28,32). The van der Waals surface area contributed by atoms with Gasteiger partial charge < -0.3 is 25.6 Å². The Kier molecular flexibility index (Phi) is 9.12. The number of phenolic OH excluding ortho intramolecular Hbond substituents is 1. The van der Waals surface area contributed by atoms with Gasteiger partial charge in [0.2, 0.25) is 0 Å². The molecule has 0 fully saturated rings. The molecule has 2 aromatic carbocycles. The fourth-order valence-corrected chi connectivity index (χ4v) is 3.39. The van der Waals surface area contributed by atoms with E-state index < -0.39 is 42.2 Å². The van der Waals surface area contributed by atoms with E-state index in [1.807, 2.05) is 0 Å². The Balaban J connectivity index is 2.43. The molecule has 2 aromatic rings. The molecule has 0 aromatic heterocycles. The number of nitrogens with zero attached hydrogens (tertiary/aromatic N) is 1. The van der Waals surface area contributed by atoms with Crippen molar-refractivity contribution in [2.75, 3.05) is 11.9 Å². The van der Waals surface area contributed by atoms with Crippen LogP contribution in [-0.2, 0) is 14.3 Å². The van der Waals surface area contributed by atoms with Gasteiger partial charge in [0.05, 0.1) is 17.3 Å². The lowest BCUT2D eigenvalue weighted by Gasteiger charge is -2.30. The number of hydrogen-bond donors (Lipinski definition) is 4. The topological polar surface area (TPSA) is 128 Å². The van der Waals surface area contributed by atoms with E-state index in [-0.39, 0.29) is 16.3 Å². The molecule has 9 nitrogen and oxygen atoms in total. The minimum absolute atomic E-state index is 0.0618. The largest absolute Gasteiger partial charge is 0.508 e. The molecule has 35 heavy (non-hydrogen) atoms. The maximum atomic E-state index is 13.4. The summed E-state index contributed by atoms with van der Waals surface area (Å²) in [6.07, 6.45) is 4.69. The number of aryl methyl sites for hydroxylation is 1. The number of para-hydroxylation sites is 1. The number of aliphatic hydroxyl groups is 1. The SMILES string of the molecule is C#CN(C(=O)C(CO)NC(=O)OC(C)(C)C)C(C(=O)Nc1c(C)cccc1Cl)c1ccc(O)cc1. The normalized spacial score (nSPS) is 12.6. The smallest absolute Gasteiger partial charge is 0.408 e. The number of hydrogen-bond acceptors (Lipinski definition) is 6. The van der Waals surface area contributed by atoms with Crippen molar-refractivity contribution >= 4 is 35.2 Å². The first kappa shape index (κ1) is 27.5. The molecule has 2 atom stereocenters. The average Bonchev–Trinajstić information content (AvgIpc) is 2.77. The summed E-state index contributed by atoms with van der Waals surface area (Å²) in [5.41, 5.74) is 0.428. The van der Waals surface area contributed by atoms with Gasteiger partial charge in [0.25, 0.3) is 11.8 Å². The van der Waals surface area contributed by atoms with Crippen molar-refractivity contribution in [3.63, 3.8) is 0 Å². The van der Waals surface area contributed by atoms with Crippen LogP contribution in [0.1, 0.15) is 37.9 Å². The highest BCUT2D eigenvalue weighted by Gasteiger charge is 2.36. The zero-order chi connectivity index (χ0) is 26.3. The van der Waals surface area contributed by atoms with Gasteiger partial charge in [0, 0.05) is 6.04 Å². The first-order valence-electron chi connectivity index (χ1n) is 10.6. The van der Waals surface area contributed by atoms with Crippen LogP contribution >= 0.6 is 11.6 Å². The Morgan fingerprint density at radius 1 is 1.17 bits per heavy atom. The van der Waals surface area contributed by atoms with Crippen LogP contribution in [-0.4, -0.2) is 51.3 Å². The number of anilines is 1. The Bertz CT molecular complexity index is 1100. The number of alkyl carbamates (subject to hydrolysis) is 1. The molecule has 0 saturated carbocycles. The number of amides is 3. The summed E-state index contributed by atoms with van der Waals surface area (Å²) in [5, 5.41) is 24.7. The number of terminal acetylenes is 1. The molecule has 0 heterocycles. The molecule has 0 saturated heterocycles. The summed E-state index contributed by atoms with van der Waals surface area (Å²) in [4.78, 5) is 39.6. The zero-order valence-electron chi connectivity index (χ0n) is 19.8. The van der Waals surface area contributed by atoms with Crippen LogP contribution in [0.2, 0.25) is 5.02 Å². The molecule has 0 bridgehead atoms. The predicted octanol–water partition coefficient (Wildman–Crippen LogP) is 3.34. The van der Waals surface area contributed by atoms with Gasteiger partial charge in [-0.15, -0.1) is 0 Å². The van der Waals surface area contributed by atoms with Crippen LogP contribution in [0.25, 0.3) is 0 Å². The molecule has 4 N–H and O–H groups in total. The van der Waals surface area contributed by atoms with E-state index in [9.17, 15) is 24.6 Å². The summed E-state index contributed by atoms with van der Waals surface area (Å²) in [6.45, 7) is 5.85. The summed E-state index contributed by atoms with van der Waals surface area (Å²) in [6, 6.07) is 9.85. The summed E-state index contributed by atoms with van der Waals surface area (Å²) in [7, 11) is 0. The fraction of sp³-hybridized carbons (Fsp3) is 0.320. The number of phenols is 1. The third-order valence-corrected chi connectivity index (χ3v) is 5.05. The Labute approximate surface area is 209 Å². The summed E-state index contributed by atoms with van der Waals surface area (Å²) >= 11 is 6.24.